The van der Waals surface area contributed by atoms with Crippen molar-refractivity contribution < 1.29 is 9.18 Å². The average Bonchev–Trinajstić information content (AvgIpc) is 2.68. The van der Waals surface area contributed by atoms with Gasteiger partial charge in [0.2, 0.25) is 0 Å². The van der Waals surface area contributed by atoms with Gasteiger partial charge in [0, 0.05) is 13.5 Å². The minimum Gasteiger partial charge on any atom is -0.292 e. The van der Waals surface area contributed by atoms with E-state index in [1.54, 1.807) is 25.2 Å². The zero-order valence-corrected chi connectivity index (χ0v) is 8.72. The van der Waals surface area contributed by atoms with Crippen LogP contribution in [0.3, 0.4) is 0 Å². The van der Waals surface area contributed by atoms with Crippen LogP contribution in [0.25, 0.3) is 0 Å². The summed E-state index contributed by atoms with van der Waals surface area (Å²) < 4.78 is 14.7. The molecule has 0 saturated heterocycles. The van der Waals surface area contributed by atoms with Gasteiger partial charge in [-0.05, 0) is 11.6 Å². The first-order valence-corrected chi connectivity index (χ1v) is 4.80. The lowest BCUT2D eigenvalue weighted by Gasteiger charge is -2.01. The summed E-state index contributed by atoms with van der Waals surface area (Å²) in [5.41, 5.74) is 0.761. The molecule has 1 heterocycles. The summed E-state index contributed by atoms with van der Waals surface area (Å²) in [5, 5.41) is 7.26. The first-order chi connectivity index (χ1) is 7.68. The van der Waals surface area contributed by atoms with Crippen LogP contribution in [0, 0.1) is 5.82 Å². The molecule has 2 aromatic rings. The topological polar surface area (TPSA) is 47.8 Å². The van der Waals surface area contributed by atoms with Gasteiger partial charge in [0.1, 0.15) is 11.5 Å². The van der Waals surface area contributed by atoms with Crippen molar-refractivity contribution in [3.8, 4) is 0 Å². The van der Waals surface area contributed by atoms with Crippen LogP contribution in [0.15, 0.2) is 30.5 Å². The smallest absolute Gasteiger partial charge is 0.186 e. The van der Waals surface area contributed by atoms with E-state index in [4.69, 9.17) is 0 Å². The third-order valence-electron chi connectivity index (χ3n) is 2.31. The number of carbonyl (C=O) groups is 1. The SMILES string of the molecule is Cn1nncc1C(=O)Cc1ccccc1F. The Morgan fingerprint density at radius 1 is 1.44 bits per heavy atom. The van der Waals surface area contributed by atoms with Crippen molar-refractivity contribution >= 4 is 5.78 Å². The van der Waals surface area contributed by atoms with Crippen LogP contribution >= 0.6 is 0 Å². The minimum atomic E-state index is -0.369. The van der Waals surface area contributed by atoms with E-state index in [2.05, 4.69) is 10.3 Å². The quantitative estimate of drug-likeness (QED) is 0.733. The molecule has 1 aromatic carbocycles. The van der Waals surface area contributed by atoms with Crippen LogP contribution in [0.1, 0.15) is 16.1 Å². The molecular weight excluding hydrogens is 209 g/mol. The largest absolute Gasteiger partial charge is 0.292 e. The van der Waals surface area contributed by atoms with Gasteiger partial charge in [0.15, 0.2) is 5.78 Å². The van der Waals surface area contributed by atoms with E-state index in [0.717, 1.165) is 0 Å². The van der Waals surface area contributed by atoms with Gasteiger partial charge in [-0.3, -0.25) is 4.79 Å². The number of aromatic nitrogens is 3. The molecule has 82 valence electrons. The van der Waals surface area contributed by atoms with Crippen molar-refractivity contribution in [2.45, 2.75) is 6.42 Å². The number of hydrogen-bond acceptors (Lipinski definition) is 3. The highest BCUT2D eigenvalue weighted by Crippen LogP contribution is 2.10. The number of halogens is 1. The van der Waals surface area contributed by atoms with Crippen LogP contribution in [0.2, 0.25) is 0 Å². The molecule has 0 saturated carbocycles. The first kappa shape index (κ1) is 10.5. The van der Waals surface area contributed by atoms with E-state index in [0.29, 0.717) is 11.3 Å². The van der Waals surface area contributed by atoms with Crippen molar-refractivity contribution in [2.24, 2.45) is 7.05 Å². The van der Waals surface area contributed by atoms with Gasteiger partial charge < -0.3 is 0 Å². The molecule has 0 radical (unpaired) electrons. The second kappa shape index (κ2) is 4.22. The number of aryl methyl sites for hydroxylation is 1. The number of nitrogens with zero attached hydrogens (tertiary/aromatic N) is 3. The normalized spacial score (nSPS) is 10.4. The Hall–Kier alpha value is -2.04. The van der Waals surface area contributed by atoms with Crippen LogP contribution in [0.4, 0.5) is 4.39 Å². The van der Waals surface area contributed by atoms with Crippen LogP contribution in [0.5, 0.6) is 0 Å². The Labute approximate surface area is 91.7 Å². The van der Waals surface area contributed by atoms with Gasteiger partial charge >= 0.3 is 0 Å². The highest BCUT2D eigenvalue weighted by atomic mass is 19.1. The van der Waals surface area contributed by atoms with E-state index in [1.807, 2.05) is 0 Å². The molecule has 0 aliphatic heterocycles. The van der Waals surface area contributed by atoms with Gasteiger partial charge in [-0.15, -0.1) is 5.10 Å². The van der Waals surface area contributed by atoms with Gasteiger partial charge in [0.25, 0.3) is 0 Å². The molecule has 0 N–H and O–H groups in total. The zero-order chi connectivity index (χ0) is 11.5. The highest BCUT2D eigenvalue weighted by molar-refractivity contribution is 5.95. The van der Waals surface area contributed by atoms with E-state index < -0.39 is 0 Å². The predicted molar refractivity (Wildman–Crippen MR) is 55.4 cm³/mol. The van der Waals surface area contributed by atoms with Crippen LogP contribution < -0.4 is 0 Å². The third-order valence-corrected chi connectivity index (χ3v) is 2.31. The molecule has 0 aliphatic carbocycles. The molecule has 5 heteroatoms. The summed E-state index contributed by atoms with van der Waals surface area (Å²) in [6, 6.07) is 6.23. The van der Waals surface area contributed by atoms with E-state index >= 15 is 0 Å². The Bertz CT molecular complexity index is 521. The standard InChI is InChI=1S/C11H10FN3O/c1-15-10(7-13-14-15)11(16)6-8-4-2-3-5-9(8)12/h2-5,7H,6H2,1H3. The van der Waals surface area contributed by atoms with Gasteiger partial charge in [-0.25, -0.2) is 9.07 Å². The molecule has 0 amide bonds. The zero-order valence-electron chi connectivity index (χ0n) is 8.72. The van der Waals surface area contributed by atoms with Crippen LogP contribution in [-0.4, -0.2) is 20.8 Å². The predicted octanol–water partition coefficient (Wildman–Crippen LogP) is 1.38. The first-order valence-electron chi connectivity index (χ1n) is 4.80. The molecule has 0 aliphatic rings. The minimum absolute atomic E-state index is 0.0217. The summed E-state index contributed by atoms with van der Waals surface area (Å²) in [4.78, 5) is 11.8. The second-order valence-electron chi connectivity index (χ2n) is 3.43. The Morgan fingerprint density at radius 2 is 2.19 bits per heavy atom. The Kier molecular flexibility index (Phi) is 2.76. The summed E-state index contributed by atoms with van der Waals surface area (Å²) in [5.74, 6) is -0.566. The molecule has 4 nitrogen and oxygen atoms in total. The molecule has 0 bridgehead atoms. The van der Waals surface area contributed by atoms with Crippen molar-refractivity contribution in [1.82, 2.24) is 15.0 Å². The summed E-state index contributed by atoms with van der Waals surface area (Å²) in [6.45, 7) is 0. The maximum absolute atomic E-state index is 13.3. The molecular formula is C11H10FN3O. The van der Waals surface area contributed by atoms with Gasteiger partial charge in [0.05, 0.1) is 6.20 Å². The second-order valence-corrected chi connectivity index (χ2v) is 3.43. The molecule has 1 aromatic heterocycles. The lowest BCUT2D eigenvalue weighted by molar-refractivity contribution is 0.0983. The molecule has 0 fully saturated rings. The Morgan fingerprint density at radius 3 is 2.81 bits per heavy atom. The lowest BCUT2D eigenvalue weighted by atomic mass is 10.1. The maximum Gasteiger partial charge on any atom is 0.186 e. The van der Waals surface area contributed by atoms with Crippen molar-refractivity contribution in [3.05, 3.63) is 47.5 Å². The van der Waals surface area contributed by atoms with E-state index in [1.165, 1.54) is 16.9 Å². The number of Topliss-reactive ketones (excluding diaryl/α,β-unsaturated/α-hetero) is 1. The molecule has 0 unspecified atom stereocenters. The van der Waals surface area contributed by atoms with Gasteiger partial charge in [-0.1, -0.05) is 23.4 Å². The lowest BCUT2D eigenvalue weighted by Crippen LogP contribution is -2.10. The highest BCUT2D eigenvalue weighted by Gasteiger charge is 2.13. The maximum atomic E-state index is 13.3. The van der Waals surface area contributed by atoms with Crippen molar-refractivity contribution in [3.63, 3.8) is 0 Å². The number of benzene rings is 1. The summed E-state index contributed by atoms with van der Waals surface area (Å²) >= 11 is 0. The molecule has 16 heavy (non-hydrogen) atoms. The fourth-order valence-corrected chi connectivity index (χ4v) is 1.45. The summed E-state index contributed by atoms with van der Waals surface area (Å²) in [6.07, 6.45) is 1.40. The third kappa shape index (κ3) is 1.98. The summed E-state index contributed by atoms with van der Waals surface area (Å²) in [7, 11) is 1.63. The number of rotatable bonds is 3. The monoisotopic (exact) mass is 219 g/mol. The van der Waals surface area contributed by atoms with Gasteiger partial charge in [-0.2, -0.15) is 0 Å². The fraction of sp³-hybridized carbons (Fsp3) is 0.182. The molecule has 0 atom stereocenters. The molecule has 2 rings (SSSR count). The fourth-order valence-electron chi connectivity index (χ4n) is 1.45. The van der Waals surface area contributed by atoms with Crippen LogP contribution in [-0.2, 0) is 13.5 Å². The number of hydrogen-bond donors (Lipinski definition) is 0. The van der Waals surface area contributed by atoms with E-state index in [9.17, 15) is 9.18 Å². The Balaban J connectivity index is 2.21. The van der Waals surface area contributed by atoms with Crippen molar-refractivity contribution in [2.75, 3.05) is 0 Å². The number of carbonyl (C=O) groups excluding carboxylic acids is 1. The van der Waals surface area contributed by atoms with Crippen molar-refractivity contribution in [1.29, 1.82) is 0 Å². The number of ketones is 1. The van der Waals surface area contributed by atoms with E-state index in [-0.39, 0.29) is 18.0 Å². The molecule has 0 spiro atoms. The average molecular weight is 219 g/mol.